The maximum Gasteiger partial charge on any atom is 0.125 e. The van der Waals surface area contributed by atoms with E-state index in [1.807, 2.05) is 11.9 Å². The summed E-state index contributed by atoms with van der Waals surface area (Å²) in [5.41, 5.74) is 7.06. The molecule has 1 aromatic carbocycles. The van der Waals surface area contributed by atoms with Crippen LogP contribution in [0.15, 0.2) is 18.2 Å². The van der Waals surface area contributed by atoms with Gasteiger partial charge in [0.05, 0.1) is 17.5 Å². The molecule has 1 aliphatic rings. The predicted molar refractivity (Wildman–Crippen MR) is 62.8 cm³/mol. The summed E-state index contributed by atoms with van der Waals surface area (Å²) in [6, 6.07) is 4.44. The number of nitrogens with zero attached hydrogens (tertiary/aromatic N) is 1. The summed E-state index contributed by atoms with van der Waals surface area (Å²) in [7, 11) is 1.94. The van der Waals surface area contributed by atoms with Gasteiger partial charge in [-0.1, -0.05) is 0 Å². The van der Waals surface area contributed by atoms with Gasteiger partial charge in [-0.25, -0.2) is 4.39 Å². The van der Waals surface area contributed by atoms with Crippen LogP contribution in [0.1, 0.15) is 12.8 Å². The van der Waals surface area contributed by atoms with Gasteiger partial charge in [-0.2, -0.15) is 0 Å². The summed E-state index contributed by atoms with van der Waals surface area (Å²) in [6.45, 7) is 0.854. The first-order valence-corrected chi connectivity index (χ1v) is 5.50. The summed E-state index contributed by atoms with van der Waals surface area (Å²) in [5, 5.41) is 9.20. The van der Waals surface area contributed by atoms with Crippen LogP contribution in [-0.4, -0.2) is 24.8 Å². The predicted octanol–water partition coefficient (Wildman–Crippen LogP) is 1.61. The van der Waals surface area contributed by atoms with E-state index >= 15 is 0 Å². The molecule has 1 saturated carbocycles. The lowest BCUT2D eigenvalue weighted by atomic mass is 9.82. The second kappa shape index (κ2) is 4.29. The number of aliphatic hydroxyl groups is 1. The number of hydrogen-bond donors (Lipinski definition) is 2. The van der Waals surface area contributed by atoms with Gasteiger partial charge in [0.15, 0.2) is 0 Å². The van der Waals surface area contributed by atoms with E-state index in [-0.39, 0.29) is 11.9 Å². The topological polar surface area (TPSA) is 49.5 Å². The Balaban J connectivity index is 2.00. The monoisotopic (exact) mass is 224 g/mol. The van der Waals surface area contributed by atoms with Crippen molar-refractivity contribution in [1.82, 2.24) is 0 Å². The molecular weight excluding hydrogens is 207 g/mol. The molecule has 16 heavy (non-hydrogen) atoms. The molecule has 0 atom stereocenters. The van der Waals surface area contributed by atoms with Crippen LogP contribution in [0.3, 0.4) is 0 Å². The van der Waals surface area contributed by atoms with Crippen molar-refractivity contribution in [3.05, 3.63) is 24.0 Å². The van der Waals surface area contributed by atoms with Crippen LogP contribution in [-0.2, 0) is 0 Å². The Labute approximate surface area is 94.7 Å². The minimum absolute atomic E-state index is 0.135. The Kier molecular flexibility index (Phi) is 3.01. The maximum absolute atomic E-state index is 12.9. The fourth-order valence-corrected chi connectivity index (χ4v) is 2.21. The molecule has 1 fully saturated rings. The molecule has 1 aromatic rings. The van der Waals surface area contributed by atoms with Crippen LogP contribution in [0, 0.1) is 11.7 Å². The molecule has 3 N–H and O–H groups in total. The summed E-state index contributed by atoms with van der Waals surface area (Å²) >= 11 is 0. The first kappa shape index (κ1) is 11.2. The minimum Gasteiger partial charge on any atom is -0.397 e. The van der Waals surface area contributed by atoms with Crippen molar-refractivity contribution in [1.29, 1.82) is 0 Å². The van der Waals surface area contributed by atoms with Crippen LogP contribution in [0.2, 0.25) is 0 Å². The zero-order valence-electron chi connectivity index (χ0n) is 9.36. The lowest BCUT2D eigenvalue weighted by Gasteiger charge is -2.35. The SMILES string of the molecule is CN(CC1CC(O)C1)c1ccc(F)cc1N. The van der Waals surface area contributed by atoms with Crippen molar-refractivity contribution in [2.24, 2.45) is 5.92 Å². The molecular formula is C12H17FN2O. The van der Waals surface area contributed by atoms with Gasteiger partial charge in [0.1, 0.15) is 5.82 Å². The molecule has 0 spiro atoms. The summed E-state index contributed by atoms with van der Waals surface area (Å²) < 4.78 is 12.9. The van der Waals surface area contributed by atoms with Crippen molar-refractivity contribution in [2.75, 3.05) is 24.2 Å². The first-order chi connectivity index (χ1) is 7.56. The number of benzene rings is 1. The number of nitrogens with two attached hydrogens (primary N) is 1. The standard InChI is InChI=1S/C12H17FN2O/c1-15(7-8-4-10(16)5-8)12-3-2-9(13)6-11(12)14/h2-3,6,8,10,16H,4-5,7,14H2,1H3. The molecule has 0 saturated heterocycles. The average molecular weight is 224 g/mol. The highest BCUT2D eigenvalue weighted by Crippen LogP contribution is 2.30. The Morgan fingerprint density at radius 3 is 2.75 bits per heavy atom. The van der Waals surface area contributed by atoms with E-state index in [0.717, 1.165) is 25.1 Å². The molecule has 0 heterocycles. The van der Waals surface area contributed by atoms with Crippen LogP contribution in [0.5, 0.6) is 0 Å². The van der Waals surface area contributed by atoms with Crippen molar-refractivity contribution >= 4 is 11.4 Å². The van der Waals surface area contributed by atoms with Gasteiger partial charge in [-0.05, 0) is 37.0 Å². The third-order valence-electron chi connectivity index (χ3n) is 3.14. The number of halogens is 1. The van der Waals surface area contributed by atoms with E-state index in [0.29, 0.717) is 11.6 Å². The van der Waals surface area contributed by atoms with Crippen LogP contribution in [0.4, 0.5) is 15.8 Å². The van der Waals surface area contributed by atoms with Crippen LogP contribution < -0.4 is 10.6 Å². The molecule has 0 aromatic heterocycles. The van der Waals surface area contributed by atoms with Crippen molar-refractivity contribution in [3.8, 4) is 0 Å². The first-order valence-electron chi connectivity index (χ1n) is 5.50. The smallest absolute Gasteiger partial charge is 0.125 e. The molecule has 0 bridgehead atoms. The van der Waals surface area contributed by atoms with Gasteiger partial charge in [0.25, 0.3) is 0 Å². The fourth-order valence-electron chi connectivity index (χ4n) is 2.21. The Morgan fingerprint density at radius 2 is 2.19 bits per heavy atom. The van der Waals surface area contributed by atoms with Gasteiger partial charge in [0.2, 0.25) is 0 Å². The fraction of sp³-hybridized carbons (Fsp3) is 0.500. The zero-order valence-corrected chi connectivity index (χ0v) is 9.36. The Morgan fingerprint density at radius 1 is 1.50 bits per heavy atom. The van der Waals surface area contributed by atoms with Crippen molar-refractivity contribution < 1.29 is 9.50 Å². The van der Waals surface area contributed by atoms with E-state index in [1.54, 1.807) is 6.07 Å². The summed E-state index contributed by atoms with van der Waals surface area (Å²) in [6.07, 6.45) is 1.57. The third kappa shape index (κ3) is 2.27. The van der Waals surface area contributed by atoms with E-state index in [4.69, 9.17) is 5.73 Å². The molecule has 0 unspecified atom stereocenters. The van der Waals surface area contributed by atoms with E-state index in [1.165, 1.54) is 12.1 Å². The summed E-state index contributed by atoms with van der Waals surface area (Å²) in [4.78, 5) is 2.02. The minimum atomic E-state index is -0.311. The van der Waals surface area contributed by atoms with Gasteiger partial charge < -0.3 is 15.7 Å². The second-order valence-corrected chi connectivity index (χ2v) is 4.57. The second-order valence-electron chi connectivity index (χ2n) is 4.57. The van der Waals surface area contributed by atoms with Crippen LogP contribution >= 0.6 is 0 Å². The third-order valence-corrected chi connectivity index (χ3v) is 3.14. The quantitative estimate of drug-likeness (QED) is 0.767. The number of aliphatic hydroxyl groups excluding tert-OH is 1. The molecule has 0 amide bonds. The highest BCUT2D eigenvalue weighted by Gasteiger charge is 2.28. The molecule has 3 nitrogen and oxygen atoms in total. The lowest BCUT2D eigenvalue weighted by Crippen LogP contribution is -2.37. The maximum atomic E-state index is 12.9. The van der Waals surface area contributed by atoms with Crippen molar-refractivity contribution in [2.45, 2.75) is 18.9 Å². The molecule has 1 aliphatic carbocycles. The average Bonchev–Trinajstić information content (AvgIpc) is 2.15. The van der Waals surface area contributed by atoms with Gasteiger partial charge in [-0.3, -0.25) is 0 Å². The highest BCUT2D eigenvalue weighted by atomic mass is 19.1. The summed E-state index contributed by atoms with van der Waals surface area (Å²) in [5.74, 6) is 0.207. The normalized spacial score (nSPS) is 23.9. The zero-order chi connectivity index (χ0) is 11.7. The molecule has 0 aliphatic heterocycles. The van der Waals surface area contributed by atoms with Crippen molar-refractivity contribution in [3.63, 3.8) is 0 Å². The Hall–Kier alpha value is -1.29. The van der Waals surface area contributed by atoms with E-state index in [9.17, 15) is 9.50 Å². The van der Waals surface area contributed by atoms with Gasteiger partial charge in [0, 0.05) is 13.6 Å². The van der Waals surface area contributed by atoms with E-state index < -0.39 is 0 Å². The molecule has 2 rings (SSSR count). The molecule has 4 heteroatoms. The largest absolute Gasteiger partial charge is 0.397 e. The number of rotatable bonds is 3. The number of anilines is 2. The molecule has 88 valence electrons. The van der Waals surface area contributed by atoms with Gasteiger partial charge in [-0.15, -0.1) is 0 Å². The highest BCUT2D eigenvalue weighted by molar-refractivity contribution is 5.67. The van der Waals surface area contributed by atoms with Gasteiger partial charge >= 0.3 is 0 Å². The Bertz CT molecular complexity index is 377. The molecule has 0 radical (unpaired) electrons. The van der Waals surface area contributed by atoms with Crippen LogP contribution in [0.25, 0.3) is 0 Å². The number of hydrogen-bond acceptors (Lipinski definition) is 3. The lowest BCUT2D eigenvalue weighted by molar-refractivity contribution is 0.0465. The van der Waals surface area contributed by atoms with E-state index in [2.05, 4.69) is 0 Å². The number of nitrogen functional groups attached to an aromatic ring is 1.